The van der Waals surface area contributed by atoms with Crippen molar-refractivity contribution in [3.63, 3.8) is 0 Å². The van der Waals surface area contributed by atoms with Gasteiger partial charge in [0.25, 0.3) is 0 Å². The van der Waals surface area contributed by atoms with Crippen LogP contribution in [0.1, 0.15) is 25.0 Å². The first kappa shape index (κ1) is 16.4. The van der Waals surface area contributed by atoms with E-state index in [1.807, 2.05) is 26.0 Å². The fourth-order valence-electron chi connectivity index (χ4n) is 1.44. The third kappa shape index (κ3) is 5.47. The molecule has 103 valence electrons. The molecule has 1 radical (unpaired) electrons. The summed E-state index contributed by atoms with van der Waals surface area (Å²) in [6, 6.07) is 3.76. The van der Waals surface area contributed by atoms with Crippen molar-refractivity contribution in [3.05, 3.63) is 27.7 Å². The third-order valence-electron chi connectivity index (χ3n) is 2.06. The fraction of sp³-hybridized carbons (Fsp3) is 0.333. The van der Waals surface area contributed by atoms with Gasteiger partial charge < -0.3 is 0 Å². The molecule has 0 heterocycles. The van der Waals surface area contributed by atoms with Gasteiger partial charge in [0.15, 0.2) is 0 Å². The summed E-state index contributed by atoms with van der Waals surface area (Å²) in [5, 5.41) is 0. The SMILES string of the molecule is CC(=O)[O][Pb]([O]C(C)=O)[O]c1c(C)cc(Br)cc1C. The van der Waals surface area contributed by atoms with Crippen LogP contribution in [0, 0.1) is 13.8 Å². The number of rotatable bonds is 4. The van der Waals surface area contributed by atoms with Gasteiger partial charge in [-0.05, 0) is 0 Å². The Morgan fingerprint density at radius 1 is 1.05 bits per heavy atom. The van der Waals surface area contributed by atoms with Crippen LogP contribution in [0.5, 0.6) is 5.75 Å². The van der Waals surface area contributed by atoms with Crippen LogP contribution < -0.4 is 2.69 Å². The molecule has 0 atom stereocenters. The quantitative estimate of drug-likeness (QED) is 0.566. The van der Waals surface area contributed by atoms with Crippen LogP contribution in [0.3, 0.4) is 0 Å². The van der Waals surface area contributed by atoms with Gasteiger partial charge >= 0.3 is 131 Å². The van der Waals surface area contributed by atoms with Gasteiger partial charge in [-0.2, -0.15) is 0 Å². The Morgan fingerprint density at radius 3 is 1.84 bits per heavy atom. The molecule has 1 aromatic carbocycles. The number of carbonyl (C=O) groups excluding carboxylic acids is 2. The van der Waals surface area contributed by atoms with Crippen LogP contribution in [0.25, 0.3) is 0 Å². The van der Waals surface area contributed by atoms with E-state index in [4.69, 9.17) is 8.06 Å². The molecule has 0 aliphatic heterocycles. The van der Waals surface area contributed by atoms with E-state index in [0.29, 0.717) is 5.75 Å². The minimum atomic E-state index is -3.65. The minimum absolute atomic E-state index is 0.504. The Kier molecular flexibility index (Phi) is 6.24. The maximum atomic E-state index is 11.0. The third-order valence-corrected chi connectivity index (χ3v) is 7.49. The number of aryl methyl sites for hydroxylation is 2. The van der Waals surface area contributed by atoms with Crippen LogP contribution in [0.2, 0.25) is 0 Å². The summed E-state index contributed by atoms with van der Waals surface area (Å²) >= 11 is -0.267. The van der Waals surface area contributed by atoms with Crippen molar-refractivity contribution in [2.75, 3.05) is 0 Å². The zero-order valence-electron chi connectivity index (χ0n) is 11.1. The summed E-state index contributed by atoms with van der Waals surface area (Å²) in [6.07, 6.45) is 0. The Balaban J connectivity index is 2.95. The second-order valence-corrected chi connectivity index (χ2v) is 9.15. The molecule has 0 fully saturated rings. The van der Waals surface area contributed by atoms with E-state index in [9.17, 15) is 9.59 Å². The Bertz CT molecular complexity index is 464. The number of benzene rings is 1. The molecule has 19 heavy (non-hydrogen) atoms. The molecule has 5 nitrogen and oxygen atoms in total. The van der Waals surface area contributed by atoms with Crippen molar-refractivity contribution in [1.29, 1.82) is 0 Å². The molecular formula is C12H14BrO5Pb. The number of hydrogen-bond acceptors (Lipinski definition) is 5. The van der Waals surface area contributed by atoms with Gasteiger partial charge in [-0.3, -0.25) is 0 Å². The van der Waals surface area contributed by atoms with Gasteiger partial charge in [0.05, 0.1) is 0 Å². The average molecular weight is 525 g/mol. The van der Waals surface area contributed by atoms with E-state index >= 15 is 0 Å². The molecule has 0 amide bonds. The van der Waals surface area contributed by atoms with Crippen LogP contribution in [0.15, 0.2) is 16.6 Å². The van der Waals surface area contributed by atoms with Gasteiger partial charge in [0, 0.05) is 0 Å². The summed E-state index contributed by atoms with van der Waals surface area (Å²) < 4.78 is 16.6. The van der Waals surface area contributed by atoms with Gasteiger partial charge in [-0.1, -0.05) is 0 Å². The van der Waals surface area contributed by atoms with Crippen LogP contribution in [0.4, 0.5) is 0 Å². The molecule has 0 spiro atoms. The van der Waals surface area contributed by atoms with E-state index in [0.717, 1.165) is 15.6 Å². The van der Waals surface area contributed by atoms with Gasteiger partial charge in [0.1, 0.15) is 0 Å². The zero-order chi connectivity index (χ0) is 14.6. The molecule has 0 bridgehead atoms. The first-order valence-corrected chi connectivity index (χ1v) is 11.0. The summed E-state index contributed by atoms with van der Waals surface area (Å²) in [4.78, 5) is 22.0. The van der Waals surface area contributed by atoms with Crippen molar-refractivity contribution in [1.82, 2.24) is 0 Å². The summed E-state index contributed by atoms with van der Waals surface area (Å²) in [6.45, 7) is 6.27. The normalized spacial score (nSPS) is 10.2. The van der Waals surface area contributed by atoms with E-state index in [1.165, 1.54) is 13.8 Å². The zero-order valence-corrected chi connectivity index (χ0v) is 16.5. The molecule has 1 rings (SSSR count). The Morgan fingerprint density at radius 2 is 1.47 bits per heavy atom. The van der Waals surface area contributed by atoms with Crippen molar-refractivity contribution in [2.24, 2.45) is 0 Å². The second-order valence-electron chi connectivity index (χ2n) is 3.91. The van der Waals surface area contributed by atoms with Crippen molar-refractivity contribution in [3.8, 4) is 5.75 Å². The monoisotopic (exact) mass is 525 g/mol. The van der Waals surface area contributed by atoms with Crippen LogP contribution >= 0.6 is 15.9 Å². The maximum absolute atomic E-state index is 11.0. The fourth-order valence-corrected chi connectivity index (χ4v) is 6.34. The Labute approximate surface area is 130 Å². The summed E-state index contributed by atoms with van der Waals surface area (Å²) in [5.41, 5.74) is 1.77. The van der Waals surface area contributed by atoms with Crippen molar-refractivity contribution >= 4 is 51.9 Å². The van der Waals surface area contributed by atoms with Gasteiger partial charge in [0.2, 0.25) is 0 Å². The molecule has 1 aromatic rings. The molecule has 0 saturated heterocycles. The number of halogens is 1. The molecule has 0 aliphatic rings. The predicted octanol–water partition coefficient (Wildman–Crippen LogP) is 2.56. The van der Waals surface area contributed by atoms with Crippen LogP contribution in [-0.4, -0.2) is 36.0 Å². The van der Waals surface area contributed by atoms with E-state index < -0.39 is 36.0 Å². The predicted molar refractivity (Wildman–Crippen MR) is 73.5 cm³/mol. The molecular weight excluding hydrogens is 511 g/mol. The van der Waals surface area contributed by atoms with Gasteiger partial charge in [-0.25, -0.2) is 0 Å². The molecule has 0 aromatic heterocycles. The van der Waals surface area contributed by atoms with Crippen LogP contribution in [-0.2, 0) is 15.0 Å². The van der Waals surface area contributed by atoms with Crippen molar-refractivity contribution in [2.45, 2.75) is 27.7 Å². The van der Waals surface area contributed by atoms with Gasteiger partial charge in [-0.15, -0.1) is 0 Å². The molecule has 0 saturated carbocycles. The molecule has 0 unspecified atom stereocenters. The molecule has 0 aliphatic carbocycles. The van der Waals surface area contributed by atoms with E-state index in [-0.39, 0.29) is 0 Å². The number of carbonyl (C=O) groups is 2. The number of hydrogen-bond donors (Lipinski definition) is 0. The topological polar surface area (TPSA) is 61.8 Å². The summed E-state index contributed by atoms with van der Waals surface area (Å²) in [5.74, 6) is -0.403. The first-order chi connectivity index (χ1) is 8.79. The second kappa shape index (κ2) is 7.23. The van der Waals surface area contributed by atoms with Crippen molar-refractivity contribution < 1.29 is 17.7 Å². The first-order valence-electron chi connectivity index (χ1n) is 5.48. The average Bonchev–Trinajstić information content (AvgIpc) is 2.21. The standard InChI is InChI=1S/C8H9BrO.2C2H4O2.Pb/c1-5-3-7(9)4-6(2)8(5)10;2*1-2(3)4;/h3-4,10H,1-2H3;2*1H3,(H,3,4);/q;;;+3/p-3. The van der Waals surface area contributed by atoms with E-state index in [1.54, 1.807) is 0 Å². The summed E-state index contributed by atoms with van der Waals surface area (Å²) in [7, 11) is 0. The molecule has 0 N–H and O–H groups in total. The Hall–Kier alpha value is -0.638. The molecule has 7 heteroatoms. The van der Waals surface area contributed by atoms with E-state index in [2.05, 4.69) is 15.9 Å².